The van der Waals surface area contributed by atoms with E-state index in [0.29, 0.717) is 13.0 Å². The van der Waals surface area contributed by atoms with Crippen molar-refractivity contribution in [3.05, 3.63) is 35.9 Å². The van der Waals surface area contributed by atoms with Crippen LogP contribution in [0.3, 0.4) is 0 Å². The zero-order valence-corrected chi connectivity index (χ0v) is 19.0. The number of nitrogens with zero attached hydrogens (tertiary/aromatic N) is 1. The lowest BCUT2D eigenvalue weighted by Gasteiger charge is -2.25. The van der Waals surface area contributed by atoms with Crippen LogP contribution < -0.4 is 5.32 Å². The topological polar surface area (TPSA) is 113 Å². The molecule has 0 unspecified atom stereocenters. The normalized spacial score (nSPS) is 22.2. The van der Waals surface area contributed by atoms with Crippen molar-refractivity contribution in [3.63, 3.8) is 0 Å². The molecule has 1 aliphatic heterocycles. The molecule has 1 heterocycles. The van der Waals surface area contributed by atoms with Crippen LogP contribution in [0.2, 0.25) is 0 Å². The molecule has 0 aromatic heterocycles. The molecule has 3 atom stereocenters. The van der Waals surface area contributed by atoms with Gasteiger partial charge in [0.2, 0.25) is 15.9 Å². The van der Waals surface area contributed by atoms with E-state index in [1.54, 1.807) is 0 Å². The predicted molar refractivity (Wildman–Crippen MR) is 115 cm³/mol. The first-order valence-electron chi connectivity index (χ1n) is 8.96. The number of carboxylic acid groups (broad SMARTS) is 1. The lowest BCUT2D eigenvalue weighted by atomic mass is 10.2. The van der Waals surface area contributed by atoms with Crippen LogP contribution in [-0.2, 0) is 31.0 Å². The molecule has 1 aromatic rings. The Morgan fingerprint density at radius 3 is 2.55 bits per heavy atom. The number of carbonyl (C=O) groups is 2. The van der Waals surface area contributed by atoms with Crippen LogP contribution in [-0.4, -0.2) is 65.3 Å². The van der Waals surface area contributed by atoms with Crippen LogP contribution in [0, 0.1) is 0 Å². The molecule has 0 saturated carbocycles. The number of carboxylic acids is 1. The van der Waals surface area contributed by atoms with Gasteiger partial charge >= 0.3 is 5.97 Å². The van der Waals surface area contributed by atoms with Crippen molar-refractivity contribution >= 4 is 43.5 Å². The van der Waals surface area contributed by atoms with Crippen LogP contribution in [0.5, 0.6) is 0 Å². The number of aliphatic carboxylic acids is 1. The SMILES string of the molecule is CC(=O)N[C@](C)(SS[C@@H]1C[C@@H](COCc2ccccc2)N(S(C)(=O)=O)C1)C(=O)O. The Labute approximate surface area is 179 Å². The Balaban J connectivity index is 1.97. The monoisotopic (exact) mass is 462 g/mol. The molecule has 1 fully saturated rings. The molecule has 1 amide bonds. The molecule has 0 radical (unpaired) electrons. The molecule has 8 nitrogen and oxygen atoms in total. The van der Waals surface area contributed by atoms with Gasteiger partial charge in [-0.25, -0.2) is 13.2 Å². The van der Waals surface area contributed by atoms with Crippen LogP contribution in [0.1, 0.15) is 25.8 Å². The smallest absolute Gasteiger partial charge is 0.340 e. The van der Waals surface area contributed by atoms with Gasteiger partial charge in [0.1, 0.15) is 0 Å². The fourth-order valence-electron chi connectivity index (χ4n) is 2.97. The zero-order valence-electron chi connectivity index (χ0n) is 16.5. The number of carbonyl (C=O) groups excluding carboxylic acids is 1. The van der Waals surface area contributed by atoms with Gasteiger partial charge < -0.3 is 15.2 Å². The molecule has 2 rings (SSSR count). The second kappa shape index (κ2) is 10.2. The standard InChI is InChI=1S/C18H26N2O6S3/c1-13(21)19-18(2,17(22)23)28-27-16-9-15(20(10-16)29(3,24)25)12-26-11-14-7-5-4-6-8-14/h4-8,15-16H,9-12H2,1-3H3,(H,19,21)(H,22,23)/t15-,16+,18+/m0/s1. The van der Waals surface area contributed by atoms with Crippen molar-refractivity contribution in [1.29, 1.82) is 0 Å². The summed E-state index contributed by atoms with van der Waals surface area (Å²) in [6.45, 7) is 3.59. The minimum atomic E-state index is -3.42. The van der Waals surface area contributed by atoms with E-state index in [0.717, 1.165) is 22.6 Å². The Bertz CT molecular complexity index is 820. The van der Waals surface area contributed by atoms with Crippen LogP contribution in [0.4, 0.5) is 0 Å². The molecular weight excluding hydrogens is 436 g/mol. The first-order valence-corrected chi connectivity index (χ1v) is 13.0. The molecule has 2 N–H and O–H groups in total. The van der Waals surface area contributed by atoms with E-state index in [2.05, 4.69) is 5.32 Å². The fraction of sp³-hybridized carbons (Fsp3) is 0.556. The molecule has 11 heteroatoms. The summed E-state index contributed by atoms with van der Waals surface area (Å²) in [5.41, 5.74) is 1.01. The van der Waals surface area contributed by atoms with Crippen LogP contribution >= 0.6 is 21.6 Å². The molecular formula is C18H26N2O6S3. The predicted octanol–water partition coefficient (Wildman–Crippen LogP) is 1.92. The minimum Gasteiger partial charge on any atom is -0.479 e. The third-order valence-electron chi connectivity index (χ3n) is 4.35. The first kappa shape index (κ1) is 24.0. The average molecular weight is 463 g/mol. The van der Waals surface area contributed by atoms with Gasteiger partial charge in [-0.15, -0.1) is 0 Å². The molecule has 0 spiro atoms. The summed E-state index contributed by atoms with van der Waals surface area (Å²) in [4.78, 5) is 21.4. The summed E-state index contributed by atoms with van der Waals surface area (Å²) in [7, 11) is -1.13. The Hall–Kier alpha value is -1.27. The lowest BCUT2D eigenvalue weighted by Crippen LogP contribution is -2.48. The lowest BCUT2D eigenvalue weighted by molar-refractivity contribution is -0.142. The third-order valence-corrected chi connectivity index (χ3v) is 9.07. The third kappa shape index (κ3) is 7.18. The van der Waals surface area contributed by atoms with Crippen molar-refractivity contribution in [3.8, 4) is 0 Å². The average Bonchev–Trinajstić information content (AvgIpc) is 3.04. The van der Waals surface area contributed by atoms with Gasteiger partial charge in [0, 0.05) is 24.8 Å². The highest BCUT2D eigenvalue weighted by Crippen LogP contribution is 2.42. The highest BCUT2D eigenvalue weighted by atomic mass is 33.1. The Morgan fingerprint density at radius 1 is 1.34 bits per heavy atom. The molecule has 0 bridgehead atoms. The van der Waals surface area contributed by atoms with Gasteiger partial charge in [0.05, 0.1) is 19.5 Å². The van der Waals surface area contributed by atoms with Gasteiger partial charge in [-0.3, -0.25) is 4.79 Å². The van der Waals surface area contributed by atoms with Crippen molar-refractivity contribution in [2.24, 2.45) is 0 Å². The van der Waals surface area contributed by atoms with E-state index in [9.17, 15) is 23.1 Å². The van der Waals surface area contributed by atoms with Crippen molar-refractivity contribution < 1.29 is 27.9 Å². The summed E-state index contributed by atoms with van der Waals surface area (Å²) in [6, 6.07) is 9.30. The summed E-state index contributed by atoms with van der Waals surface area (Å²) >= 11 is 0. The molecule has 162 valence electrons. The maximum absolute atomic E-state index is 12.2. The maximum atomic E-state index is 12.2. The highest BCUT2D eigenvalue weighted by Gasteiger charge is 2.41. The maximum Gasteiger partial charge on any atom is 0.340 e. The zero-order chi connectivity index (χ0) is 21.7. The number of hydrogen-bond donors (Lipinski definition) is 2. The van der Waals surface area contributed by atoms with Gasteiger partial charge in [-0.2, -0.15) is 4.31 Å². The number of ether oxygens (including phenoxy) is 1. The summed E-state index contributed by atoms with van der Waals surface area (Å²) in [5, 5.41) is 11.8. The second-order valence-corrected chi connectivity index (χ2v) is 11.9. The number of rotatable bonds is 10. The molecule has 1 aromatic carbocycles. The van der Waals surface area contributed by atoms with E-state index >= 15 is 0 Å². The number of benzene rings is 1. The van der Waals surface area contributed by atoms with E-state index in [4.69, 9.17) is 4.74 Å². The second-order valence-electron chi connectivity index (χ2n) is 7.04. The highest BCUT2D eigenvalue weighted by molar-refractivity contribution is 8.77. The van der Waals surface area contributed by atoms with E-state index in [1.807, 2.05) is 30.3 Å². The molecule has 29 heavy (non-hydrogen) atoms. The number of amides is 1. The summed E-state index contributed by atoms with van der Waals surface area (Å²) < 4.78 is 31.5. The largest absolute Gasteiger partial charge is 0.479 e. The van der Waals surface area contributed by atoms with Gasteiger partial charge in [-0.05, 0) is 18.9 Å². The van der Waals surface area contributed by atoms with Gasteiger partial charge in [-0.1, -0.05) is 51.9 Å². The van der Waals surface area contributed by atoms with Gasteiger partial charge in [0.15, 0.2) is 4.87 Å². The molecule has 1 aliphatic rings. The van der Waals surface area contributed by atoms with Crippen molar-refractivity contribution in [1.82, 2.24) is 9.62 Å². The van der Waals surface area contributed by atoms with Crippen molar-refractivity contribution in [2.45, 2.75) is 43.0 Å². The van der Waals surface area contributed by atoms with Crippen molar-refractivity contribution in [2.75, 3.05) is 19.4 Å². The Kier molecular flexibility index (Phi) is 8.41. The van der Waals surface area contributed by atoms with Crippen LogP contribution in [0.15, 0.2) is 30.3 Å². The van der Waals surface area contributed by atoms with E-state index in [1.165, 1.54) is 28.9 Å². The fourth-order valence-corrected chi connectivity index (χ4v) is 7.05. The number of hydrogen-bond acceptors (Lipinski definition) is 7. The summed E-state index contributed by atoms with van der Waals surface area (Å²) in [5.74, 6) is -1.61. The van der Waals surface area contributed by atoms with Crippen LogP contribution in [0.25, 0.3) is 0 Å². The minimum absolute atomic E-state index is 0.118. The van der Waals surface area contributed by atoms with E-state index < -0.39 is 26.8 Å². The number of sulfonamides is 1. The first-order chi connectivity index (χ1) is 13.5. The summed E-state index contributed by atoms with van der Waals surface area (Å²) in [6.07, 6.45) is 1.70. The molecule has 0 aliphatic carbocycles. The van der Waals surface area contributed by atoms with E-state index in [-0.39, 0.29) is 24.4 Å². The number of nitrogens with one attached hydrogen (secondary N) is 1. The quantitative estimate of drug-likeness (QED) is 0.401. The Morgan fingerprint density at radius 2 is 2.00 bits per heavy atom. The molecule has 1 saturated heterocycles. The van der Waals surface area contributed by atoms with Gasteiger partial charge in [0.25, 0.3) is 0 Å².